The summed E-state index contributed by atoms with van der Waals surface area (Å²) < 4.78 is 7.88. The Bertz CT molecular complexity index is 358. The van der Waals surface area contributed by atoms with Crippen LogP contribution in [0.1, 0.15) is 45.3 Å². The third kappa shape index (κ3) is 3.56. The zero-order valence-corrected chi connectivity index (χ0v) is 11.7. The number of hydrogen-bond acceptors (Lipinski definition) is 3. The topological polar surface area (TPSA) is 39.1 Å². The predicted octanol–water partition coefficient (Wildman–Crippen LogP) is 2.37. The molecule has 0 spiro atoms. The second-order valence-corrected chi connectivity index (χ2v) is 5.42. The molecule has 18 heavy (non-hydrogen) atoms. The van der Waals surface area contributed by atoms with Gasteiger partial charge >= 0.3 is 0 Å². The van der Waals surface area contributed by atoms with Crippen molar-refractivity contribution in [3.63, 3.8) is 0 Å². The van der Waals surface area contributed by atoms with Crippen LogP contribution >= 0.6 is 0 Å². The van der Waals surface area contributed by atoms with Gasteiger partial charge in [-0.3, -0.25) is 0 Å². The van der Waals surface area contributed by atoms with Crippen LogP contribution in [0.2, 0.25) is 0 Å². The van der Waals surface area contributed by atoms with Crippen LogP contribution in [0.15, 0.2) is 12.5 Å². The maximum atomic E-state index is 5.60. The summed E-state index contributed by atoms with van der Waals surface area (Å²) in [6.45, 7) is 8.97. The molecule has 0 radical (unpaired) electrons. The van der Waals surface area contributed by atoms with Crippen LogP contribution in [0.4, 0.5) is 0 Å². The highest BCUT2D eigenvalue weighted by molar-refractivity contribution is 5.02. The lowest BCUT2D eigenvalue weighted by molar-refractivity contribution is 0.0952. The van der Waals surface area contributed by atoms with Gasteiger partial charge in [-0.1, -0.05) is 13.8 Å². The Kier molecular flexibility index (Phi) is 4.78. The Morgan fingerprint density at radius 1 is 1.50 bits per heavy atom. The molecule has 1 aromatic heterocycles. The van der Waals surface area contributed by atoms with E-state index in [2.05, 4.69) is 28.7 Å². The molecular weight excluding hydrogens is 226 g/mol. The number of nitrogens with one attached hydrogen (secondary N) is 1. The summed E-state index contributed by atoms with van der Waals surface area (Å²) in [5.74, 6) is 0.547. The van der Waals surface area contributed by atoms with Crippen LogP contribution in [0.25, 0.3) is 0 Å². The van der Waals surface area contributed by atoms with Crippen LogP contribution in [0, 0.1) is 5.92 Å². The van der Waals surface area contributed by atoms with Crippen molar-refractivity contribution in [1.29, 1.82) is 0 Å². The second-order valence-electron chi connectivity index (χ2n) is 5.42. The van der Waals surface area contributed by atoms with Gasteiger partial charge in [0.15, 0.2) is 0 Å². The first kappa shape index (κ1) is 13.6. The van der Waals surface area contributed by atoms with Gasteiger partial charge in [-0.2, -0.15) is 0 Å². The first-order valence-electron chi connectivity index (χ1n) is 7.04. The van der Waals surface area contributed by atoms with E-state index in [0.29, 0.717) is 12.0 Å². The molecule has 4 nitrogen and oxygen atoms in total. The van der Waals surface area contributed by atoms with Gasteiger partial charge in [-0.25, -0.2) is 4.98 Å². The Hall–Kier alpha value is -0.870. The Morgan fingerprint density at radius 3 is 2.89 bits per heavy atom. The van der Waals surface area contributed by atoms with Crippen LogP contribution in [-0.4, -0.2) is 28.8 Å². The minimum Gasteiger partial charge on any atom is -0.380 e. The van der Waals surface area contributed by atoms with Crippen molar-refractivity contribution in [3.8, 4) is 0 Å². The lowest BCUT2D eigenvalue weighted by Gasteiger charge is -2.24. The number of rotatable bonds is 8. The summed E-state index contributed by atoms with van der Waals surface area (Å²) in [5, 5.41) is 3.55. The van der Waals surface area contributed by atoms with E-state index in [1.165, 1.54) is 18.5 Å². The summed E-state index contributed by atoms with van der Waals surface area (Å²) in [4.78, 5) is 4.30. The predicted molar refractivity (Wildman–Crippen MR) is 72.5 cm³/mol. The quantitative estimate of drug-likeness (QED) is 0.771. The van der Waals surface area contributed by atoms with Crippen molar-refractivity contribution in [1.82, 2.24) is 14.9 Å². The van der Waals surface area contributed by atoms with Gasteiger partial charge in [0.25, 0.3) is 0 Å². The Morgan fingerprint density at radius 2 is 2.28 bits per heavy atom. The van der Waals surface area contributed by atoms with Gasteiger partial charge in [0.1, 0.15) is 0 Å². The minimum absolute atomic E-state index is 0.378. The average Bonchev–Trinajstić information content (AvgIpc) is 3.06. The van der Waals surface area contributed by atoms with Crippen LogP contribution in [-0.2, 0) is 11.3 Å². The highest BCUT2D eigenvalue weighted by Crippen LogP contribution is 2.22. The molecule has 1 aromatic rings. The first-order valence-corrected chi connectivity index (χ1v) is 7.04. The molecule has 2 rings (SSSR count). The van der Waals surface area contributed by atoms with Crippen LogP contribution in [0.3, 0.4) is 0 Å². The molecule has 0 bridgehead atoms. The monoisotopic (exact) mass is 251 g/mol. The molecule has 0 aromatic carbocycles. The van der Waals surface area contributed by atoms with Gasteiger partial charge in [0.2, 0.25) is 0 Å². The molecule has 1 saturated carbocycles. The molecule has 1 N–H and O–H groups in total. The molecule has 1 atom stereocenters. The molecule has 0 aliphatic heterocycles. The van der Waals surface area contributed by atoms with Crippen molar-refractivity contribution in [2.45, 2.75) is 52.2 Å². The van der Waals surface area contributed by atoms with Gasteiger partial charge in [0.05, 0.1) is 24.7 Å². The summed E-state index contributed by atoms with van der Waals surface area (Å²) >= 11 is 0. The van der Waals surface area contributed by atoms with E-state index in [4.69, 9.17) is 4.74 Å². The summed E-state index contributed by atoms with van der Waals surface area (Å²) in [6, 6.07) is 1.11. The average molecular weight is 251 g/mol. The maximum Gasteiger partial charge on any atom is 0.0952 e. The van der Waals surface area contributed by atoms with Crippen molar-refractivity contribution in [2.24, 2.45) is 5.92 Å². The van der Waals surface area contributed by atoms with E-state index in [1.807, 2.05) is 19.4 Å². The molecule has 0 amide bonds. The Balaban J connectivity index is 2.00. The molecule has 4 heteroatoms. The largest absolute Gasteiger partial charge is 0.380 e. The number of ether oxygens (including phenoxy) is 1. The lowest BCUT2D eigenvalue weighted by atomic mass is 10.0. The van der Waals surface area contributed by atoms with Crippen molar-refractivity contribution in [2.75, 3.05) is 13.2 Å². The summed E-state index contributed by atoms with van der Waals surface area (Å²) in [5.41, 5.74) is 1.26. The summed E-state index contributed by atoms with van der Waals surface area (Å²) in [6.07, 6.45) is 6.55. The maximum absolute atomic E-state index is 5.60. The SMILES string of the molecule is CCOCC(C(C)C)n1cncc1CNC1CC1. The van der Waals surface area contributed by atoms with Crippen LogP contribution < -0.4 is 5.32 Å². The fourth-order valence-corrected chi connectivity index (χ4v) is 2.14. The van der Waals surface area contributed by atoms with Crippen molar-refractivity contribution in [3.05, 3.63) is 18.2 Å². The molecule has 1 unspecified atom stereocenters. The smallest absolute Gasteiger partial charge is 0.0952 e. The molecule has 1 aliphatic carbocycles. The fraction of sp³-hybridized carbons (Fsp3) is 0.786. The molecule has 1 heterocycles. The number of hydrogen-bond donors (Lipinski definition) is 1. The van der Waals surface area contributed by atoms with E-state index >= 15 is 0 Å². The zero-order valence-electron chi connectivity index (χ0n) is 11.7. The highest BCUT2D eigenvalue weighted by atomic mass is 16.5. The van der Waals surface area contributed by atoms with Crippen molar-refractivity contribution >= 4 is 0 Å². The second kappa shape index (κ2) is 6.34. The molecule has 1 fully saturated rings. The fourth-order valence-electron chi connectivity index (χ4n) is 2.14. The zero-order chi connectivity index (χ0) is 13.0. The lowest BCUT2D eigenvalue weighted by Crippen LogP contribution is -2.25. The number of nitrogens with zero attached hydrogens (tertiary/aromatic N) is 2. The van der Waals surface area contributed by atoms with E-state index < -0.39 is 0 Å². The number of aromatic nitrogens is 2. The minimum atomic E-state index is 0.378. The molecular formula is C14H25N3O. The van der Waals surface area contributed by atoms with Crippen LogP contribution in [0.5, 0.6) is 0 Å². The van der Waals surface area contributed by atoms with E-state index in [0.717, 1.165) is 25.8 Å². The first-order chi connectivity index (χ1) is 8.72. The standard InChI is InChI=1S/C14H25N3O/c1-4-18-9-14(11(2)3)17-10-15-7-13(17)8-16-12-5-6-12/h7,10-12,14,16H,4-6,8-9H2,1-3H3. The number of imidazole rings is 1. The normalized spacial score (nSPS) is 17.3. The third-order valence-electron chi connectivity index (χ3n) is 3.52. The molecule has 1 aliphatic rings. The van der Waals surface area contributed by atoms with E-state index in [-0.39, 0.29) is 0 Å². The van der Waals surface area contributed by atoms with Gasteiger partial charge in [0, 0.05) is 25.4 Å². The third-order valence-corrected chi connectivity index (χ3v) is 3.52. The van der Waals surface area contributed by atoms with Gasteiger partial charge in [-0.05, 0) is 25.7 Å². The highest BCUT2D eigenvalue weighted by Gasteiger charge is 2.22. The van der Waals surface area contributed by atoms with E-state index in [9.17, 15) is 0 Å². The molecule has 0 saturated heterocycles. The van der Waals surface area contributed by atoms with Gasteiger partial charge < -0.3 is 14.6 Å². The Labute approximate surface area is 110 Å². The molecule has 102 valence electrons. The van der Waals surface area contributed by atoms with Crippen molar-refractivity contribution < 1.29 is 4.74 Å². The van der Waals surface area contributed by atoms with E-state index in [1.54, 1.807) is 0 Å². The summed E-state index contributed by atoms with van der Waals surface area (Å²) in [7, 11) is 0. The van der Waals surface area contributed by atoms with Gasteiger partial charge in [-0.15, -0.1) is 0 Å².